The minimum absolute atomic E-state index is 0.160. The summed E-state index contributed by atoms with van der Waals surface area (Å²) in [5.41, 5.74) is 2.84. The fourth-order valence-electron chi connectivity index (χ4n) is 3.04. The Balaban J connectivity index is 1.96. The molecule has 2 heterocycles. The maximum absolute atomic E-state index is 11.9. The van der Waals surface area contributed by atoms with Crippen LogP contribution >= 0.6 is 23.3 Å². The Morgan fingerprint density at radius 3 is 2.26 bits per heavy atom. The number of benzene rings is 1. The lowest BCUT2D eigenvalue weighted by Crippen LogP contribution is -2.35. The summed E-state index contributed by atoms with van der Waals surface area (Å²) < 4.78 is 42.7. The maximum Gasteiger partial charge on any atom is 0.247 e. The highest BCUT2D eigenvalue weighted by atomic mass is 32.3. The van der Waals surface area contributed by atoms with Crippen molar-refractivity contribution in [1.82, 2.24) is 4.90 Å². The molecule has 1 aliphatic heterocycles. The summed E-state index contributed by atoms with van der Waals surface area (Å²) in [7, 11) is 1.24. The SMILES string of the molecule is COCCN(CCOC)CC1=Cc2cc(S(N)(=O)=O)sc2SN1c1ccc(OC)cc1. The van der Waals surface area contributed by atoms with Gasteiger partial charge in [-0.15, -0.1) is 11.3 Å². The van der Waals surface area contributed by atoms with Gasteiger partial charge in [0.05, 0.1) is 30.2 Å². The van der Waals surface area contributed by atoms with E-state index in [4.69, 9.17) is 19.3 Å². The summed E-state index contributed by atoms with van der Waals surface area (Å²) in [4.78, 5) is 2.24. The van der Waals surface area contributed by atoms with Crippen molar-refractivity contribution in [3.05, 3.63) is 41.6 Å². The quantitative estimate of drug-likeness (QED) is 0.486. The molecular formula is C20H27N3O5S3. The summed E-state index contributed by atoms with van der Waals surface area (Å²) in [6, 6.07) is 9.41. The van der Waals surface area contributed by atoms with Gasteiger partial charge < -0.3 is 14.2 Å². The van der Waals surface area contributed by atoms with Crippen LogP contribution in [0, 0.1) is 0 Å². The smallest absolute Gasteiger partial charge is 0.247 e. The minimum Gasteiger partial charge on any atom is -0.497 e. The number of hydrogen-bond donors (Lipinski definition) is 1. The average Bonchev–Trinajstić information content (AvgIpc) is 3.18. The molecular weight excluding hydrogens is 458 g/mol. The van der Waals surface area contributed by atoms with Gasteiger partial charge in [0, 0.05) is 57.1 Å². The Morgan fingerprint density at radius 1 is 1.06 bits per heavy atom. The number of nitrogens with zero attached hydrogens (tertiary/aromatic N) is 2. The van der Waals surface area contributed by atoms with Crippen LogP contribution in [-0.4, -0.2) is 67.5 Å². The zero-order valence-electron chi connectivity index (χ0n) is 17.7. The molecule has 0 bridgehead atoms. The van der Waals surface area contributed by atoms with Gasteiger partial charge in [-0.1, -0.05) is 0 Å². The molecule has 1 aliphatic rings. The first kappa shape index (κ1) is 24.1. The lowest BCUT2D eigenvalue weighted by atomic mass is 10.2. The molecule has 2 N–H and O–H groups in total. The van der Waals surface area contributed by atoms with Crippen LogP contribution < -0.4 is 14.2 Å². The standard InChI is InChI=1S/C20H27N3O5S3/c1-26-10-8-22(9-11-27-2)14-17-12-15-13-19(31(21,24)25)29-20(15)30-23(17)16-4-6-18(28-3)7-5-16/h4-7,12-13H,8-11,14H2,1-3H3,(H2,21,24,25). The van der Waals surface area contributed by atoms with E-state index < -0.39 is 10.0 Å². The number of thiophene rings is 1. The normalized spacial score (nSPS) is 14.0. The highest BCUT2D eigenvalue weighted by molar-refractivity contribution is 8.03. The zero-order valence-corrected chi connectivity index (χ0v) is 20.2. The van der Waals surface area contributed by atoms with Crippen LogP contribution in [0.15, 0.2) is 44.4 Å². The molecule has 0 amide bonds. The molecule has 3 rings (SSSR count). The van der Waals surface area contributed by atoms with E-state index >= 15 is 0 Å². The molecule has 0 atom stereocenters. The third-order valence-corrected chi connectivity index (χ3v) is 8.52. The van der Waals surface area contributed by atoms with Crippen molar-refractivity contribution >= 4 is 45.1 Å². The van der Waals surface area contributed by atoms with Crippen molar-refractivity contribution in [3.63, 3.8) is 0 Å². The number of ether oxygens (including phenoxy) is 3. The van der Waals surface area contributed by atoms with Gasteiger partial charge in [0.15, 0.2) is 0 Å². The summed E-state index contributed by atoms with van der Waals surface area (Å²) >= 11 is 2.67. The van der Waals surface area contributed by atoms with Gasteiger partial charge in [0.2, 0.25) is 10.0 Å². The molecule has 0 spiro atoms. The van der Waals surface area contributed by atoms with Crippen LogP contribution in [0.1, 0.15) is 5.56 Å². The highest BCUT2D eigenvalue weighted by Crippen LogP contribution is 2.45. The van der Waals surface area contributed by atoms with E-state index in [2.05, 4.69) is 9.21 Å². The van der Waals surface area contributed by atoms with E-state index in [-0.39, 0.29) is 4.21 Å². The van der Waals surface area contributed by atoms with Crippen molar-refractivity contribution in [2.45, 2.75) is 8.42 Å². The predicted octanol–water partition coefficient (Wildman–Crippen LogP) is 2.87. The van der Waals surface area contributed by atoms with Gasteiger partial charge in [-0.3, -0.25) is 9.21 Å². The zero-order chi connectivity index (χ0) is 22.4. The van der Waals surface area contributed by atoms with E-state index in [0.717, 1.165) is 40.0 Å². The molecule has 8 nitrogen and oxygen atoms in total. The summed E-state index contributed by atoms with van der Waals surface area (Å²) in [5, 5.41) is 5.36. The molecule has 0 aliphatic carbocycles. The third-order valence-electron chi connectivity index (χ3n) is 4.66. The number of rotatable bonds is 11. The van der Waals surface area contributed by atoms with Crippen molar-refractivity contribution in [2.75, 3.05) is 58.5 Å². The van der Waals surface area contributed by atoms with Crippen molar-refractivity contribution < 1.29 is 22.6 Å². The van der Waals surface area contributed by atoms with E-state index in [1.165, 1.54) is 23.3 Å². The molecule has 1 aromatic heterocycles. The molecule has 2 aromatic rings. The van der Waals surface area contributed by atoms with Crippen molar-refractivity contribution in [3.8, 4) is 5.75 Å². The van der Waals surface area contributed by atoms with E-state index in [0.29, 0.717) is 19.8 Å². The lowest BCUT2D eigenvalue weighted by Gasteiger charge is -2.32. The molecule has 0 radical (unpaired) electrons. The Hall–Kier alpha value is -1.60. The number of methoxy groups -OCH3 is 3. The minimum atomic E-state index is -3.76. The molecule has 0 saturated heterocycles. The number of fused-ring (bicyclic) bond motifs is 1. The second kappa shape index (κ2) is 10.8. The molecule has 0 saturated carbocycles. The number of anilines is 1. The van der Waals surface area contributed by atoms with Gasteiger partial charge in [-0.25, -0.2) is 13.6 Å². The molecule has 31 heavy (non-hydrogen) atoms. The van der Waals surface area contributed by atoms with Gasteiger partial charge in [-0.05, 0) is 36.4 Å². The molecule has 0 unspecified atom stereocenters. The second-order valence-electron chi connectivity index (χ2n) is 6.83. The number of nitrogens with two attached hydrogens (primary N) is 1. The largest absolute Gasteiger partial charge is 0.497 e. The Labute approximate surface area is 191 Å². The Kier molecular flexibility index (Phi) is 8.39. The first-order chi connectivity index (χ1) is 14.9. The van der Waals surface area contributed by atoms with Crippen LogP contribution in [-0.2, 0) is 19.5 Å². The average molecular weight is 486 g/mol. The lowest BCUT2D eigenvalue weighted by molar-refractivity contribution is 0.119. The van der Waals surface area contributed by atoms with E-state index in [1.807, 2.05) is 30.3 Å². The number of hydrogen-bond acceptors (Lipinski definition) is 9. The predicted molar refractivity (Wildman–Crippen MR) is 125 cm³/mol. The fraction of sp³-hybridized carbons (Fsp3) is 0.400. The maximum atomic E-state index is 11.9. The molecule has 1 aromatic carbocycles. The van der Waals surface area contributed by atoms with Crippen LogP contribution in [0.3, 0.4) is 0 Å². The highest BCUT2D eigenvalue weighted by Gasteiger charge is 2.26. The first-order valence-corrected chi connectivity index (χ1v) is 12.7. The number of primary sulfonamides is 1. The first-order valence-electron chi connectivity index (χ1n) is 9.55. The summed E-state index contributed by atoms with van der Waals surface area (Å²) in [6.45, 7) is 3.35. The van der Waals surface area contributed by atoms with Gasteiger partial charge in [-0.2, -0.15) is 0 Å². The van der Waals surface area contributed by atoms with Crippen LogP contribution in [0.25, 0.3) is 6.08 Å². The van der Waals surface area contributed by atoms with E-state index in [1.54, 1.807) is 27.4 Å². The van der Waals surface area contributed by atoms with Crippen LogP contribution in [0.5, 0.6) is 5.75 Å². The van der Waals surface area contributed by atoms with Crippen LogP contribution in [0.2, 0.25) is 0 Å². The molecule has 0 fully saturated rings. The van der Waals surface area contributed by atoms with E-state index in [9.17, 15) is 8.42 Å². The second-order valence-corrected chi connectivity index (χ2v) is 10.9. The van der Waals surface area contributed by atoms with Gasteiger partial charge >= 0.3 is 0 Å². The molecule has 11 heteroatoms. The third kappa shape index (κ3) is 6.22. The van der Waals surface area contributed by atoms with Gasteiger partial charge in [0.25, 0.3) is 0 Å². The molecule has 170 valence electrons. The van der Waals surface area contributed by atoms with Gasteiger partial charge in [0.1, 0.15) is 9.96 Å². The van der Waals surface area contributed by atoms with Crippen LogP contribution in [0.4, 0.5) is 5.69 Å². The Morgan fingerprint density at radius 2 is 1.71 bits per heavy atom. The monoisotopic (exact) mass is 485 g/mol. The fourth-order valence-corrected chi connectivity index (χ4v) is 6.30. The van der Waals surface area contributed by atoms with Crippen molar-refractivity contribution in [1.29, 1.82) is 0 Å². The number of sulfonamides is 1. The topological polar surface area (TPSA) is 94.3 Å². The summed E-state index contributed by atoms with van der Waals surface area (Å²) in [5.74, 6) is 0.770. The van der Waals surface area contributed by atoms with Crippen molar-refractivity contribution in [2.24, 2.45) is 5.14 Å². The Bertz CT molecular complexity index is 998. The summed E-state index contributed by atoms with van der Waals surface area (Å²) in [6.07, 6.45) is 2.02.